The largest absolute Gasteiger partial charge is 0.350 e. The van der Waals surface area contributed by atoms with Gasteiger partial charge in [-0.3, -0.25) is 14.7 Å². The predicted molar refractivity (Wildman–Crippen MR) is 81.7 cm³/mol. The summed E-state index contributed by atoms with van der Waals surface area (Å²) < 4.78 is 0. The van der Waals surface area contributed by atoms with Crippen LogP contribution in [0.15, 0.2) is 24.4 Å². The lowest BCUT2D eigenvalue weighted by molar-refractivity contribution is 0.0943. The molecule has 3 N–H and O–H groups in total. The molecule has 7 heteroatoms. The topological polar surface area (TPSA) is 104 Å². The van der Waals surface area contributed by atoms with Crippen molar-refractivity contribution in [3.05, 3.63) is 35.5 Å². The third kappa shape index (κ3) is 2.48. The lowest BCUT2D eigenvalue weighted by Gasteiger charge is -2.07. The Morgan fingerprint density at radius 3 is 2.91 bits per heavy atom. The van der Waals surface area contributed by atoms with Crippen molar-refractivity contribution in [2.24, 2.45) is 0 Å². The van der Waals surface area contributed by atoms with Crippen molar-refractivity contribution in [2.75, 3.05) is 0 Å². The summed E-state index contributed by atoms with van der Waals surface area (Å²) >= 11 is 0. The molecule has 0 fully saturated rings. The second kappa shape index (κ2) is 5.44. The van der Waals surface area contributed by atoms with Gasteiger partial charge in [0.2, 0.25) is 0 Å². The molecule has 22 heavy (non-hydrogen) atoms. The lowest BCUT2D eigenvalue weighted by atomic mass is 10.2. The molecular weight excluding hydrogens is 282 g/mol. The van der Waals surface area contributed by atoms with Gasteiger partial charge in [0.25, 0.3) is 5.91 Å². The monoisotopic (exact) mass is 297 g/mol. The maximum absolute atomic E-state index is 12.2. The first kappa shape index (κ1) is 14.0. The van der Waals surface area contributed by atoms with Crippen LogP contribution in [0.1, 0.15) is 34.6 Å². The molecule has 3 rings (SSSR count). The van der Waals surface area contributed by atoms with Crippen molar-refractivity contribution in [1.82, 2.24) is 25.5 Å². The van der Waals surface area contributed by atoms with Crippen LogP contribution in [0.2, 0.25) is 0 Å². The standard InChI is InChI=1S/C15H15N5O2/c1-8(2)17-15(22)10-6-16-20-13(10)14-18-11-4-3-9(7-21)5-12(11)19-14/h3-8H,1-2H3,(H,16,20)(H,17,22)(H,18,19). The van der Waals surface area contributed by atoms with Crippen molar-refractivity contribution >= 4 is 23.2 Å². The van der Waals surface area contributed by atoms with Crippen molar-refractivity contribution in [3.63, 3.8) is 0 Å². The van der Waals surface area contributed by atoms with E-state index in [2.05, 4.69) is 25.5 Å². The number of hydrogen-bond donors (Lipinski definition) is 3. The van der Waals surface area contributed by atoms with E-state index < -0.39 is 0 Å². The van der Waals surface area contributed by atoms with E-state index in [0.717, 1.165) is 11.8 Å². The SMILES string of the molecule is CC(C)NC(=O)c1cn[nH]c1-c1nc2ccc(C=O)cc2[nH]1. The number of benzene rings is 1. The minimum Gasteiger partial charge on any atom is -0.350 e. The van der Waals surface area contributed by atoms with Crippen molar-refractivity contribution in [2.45, 2.75) is 19.9 Å². The number of fused-ring (bicyclic) bond motifs is 1. The number of rotatable bonds is 4. The van der Waals surface area contributed by atoms with E-state index in [4.69, 9.17) is 0 Å². The van der Waals surface area contributed by atoms with Crippen LogP contribution in [0.4, 0.5) is 0 Å². The van der Waals surface area contributed by atoms with E-state index >= 15 is 0 Å². The van der Waals surface area contributed by atoms with E-state index in [-0.39, 0.29) is 11.9 Å². The molecule has 0 radical (unpaired) electrons. The Morgan fingerprint density at radius 1 is 1.36 bits per heavy atom. The third-order valence-corrected chi connectivity index (χ3v) is 3.18. The summed E-state index contributed by atoms with van der Waals surface area (Å²) in [6.45, 7) is 3.78. The highest BCUT2D eigenvalue weighted by Gasteiger charge is 2.18. The van der Waals surface area contributed by atoms with Crippen LogP contribution in [0.5, 0.6) is 0 Å². The second-order valence-corrected chi connectivity index (χ2v) is 5.27. The number of aldehydes is 1. The Morgan fingerprint density at radius 2 is 2.18 bits per heavy atom. The van der Waals surface area contributed by atoms with Gasteiger partial charge in [0.15, 0.2) is 5.82 Å². The van der Waals surface area contributed by atoms with Gasteiger partial charge in [0, 0.05) is 11.6 Å². The Hall–Kier alpha value is -2.96. The smallest absolute Gasteiger partial charge is 0.255 e. The van der Waals surface area contributed by atoms with Gasteiger partial charge in [-0.05, 0) is 32.0 Å². The number of H-pyrrole nitrogens is 2. The molecule has 0 aliphatic carbocycles. The van der Waals surface area contributed by atoms with E-state index in [0.29, 0.717) is 28.2 Å². The summed E-state index contributed by atoms with van der Waals surface area (Å²) in [6, 6.07) is 5.19. The highest BCUT2D eigenvalue weighted by atomic mass is 16.1. The second-order valence-electron chi connectivity index (χ2n) is 5.27. The predicted octanol–water partition coefficient (Wildman–Crippen LogP) is 1.90. The van der Waals surface area contributed by atoms with Crippen LogP contribution in [-0.2, 0) is 0 Å². The number of aromatic amines is 2. The van der Waals surface area contributed by atoms with Crippen LogP contribution in [0.3, 0.4) is 0 Å². The van der Waals surface area contributed by atoms with Crippen molar-refractivity contribution in [3.8, 4) is 11.5 Å². The molecule has 0 atom stereocenters. The molecule has 112 valence electrons. The van der Waals surface area contributed by atoms with Crippen LogP contribution >= 0.6 is 0 Å². The Balaban J connectivity index is 2.03. The van der Waals surface area contributed by atoms with Crippen LogP contribution < -0.4 is 5.32 Å². The highest BCUT2D eigenvalue weighted by Crippen LogP contribution is 2.22. The highest BCUT2D eigenvalue weighted by molar-refractivity contribution is 5.99. The zero-order chi connectivity index (χ0) is 15.7. The summed E-state index contributed by atoms with van der Waals surface area (Å²) in [4.78, 5) is 30.5. The summed E-state index contributed by atoms with van der Waals surface area (Å²) in [5.74, 6) is 0.289. The number of nitrogens with one attached hydrogen (secondary N) is 3. The minimum absolute atomic E-state index is 0.0288. The number of nitrogens with zero attached hydrogens (tertiary/aromatic N) is 2. The third-order valence-electron chi connectivity index (χ3n) is 3.18. The van der Waals surface area contributed by atoms with Crippen molar-refractivity contribution in [1.29, 1.82) is 0 Å². The number of carbonyl (C=O) groups is 2. The maximum atomic E-state index is 12.2. The fourth-order valence-corrected chi connectivity index (χ4v) is 2.20. The normalized spacial score (nSPS) is 11.0. The zero-order valence-corrected chi connectivity index (χ0v) is 12.2. The summed E-state index contributed by atoms with van der Waals surface area (Å²) in [5, 5.41) is 9.54. The molecule has 2 aromatic heterocycles. The summed E-state index contributed by atoms with van der Waals surface area (Å²) in [7, 11) is 0. The van der Waals surface area contributed by atoms with E-state index in [1.165, 1.54) is 6.20 Å². The molecule has 0 saturated carbocycles. The minimum atomic E-state index is -0.215. The maximum Gasteiger partial charge on any atom is 0.255 e. The fraction of sp³-hybridized carbons (Fsp3) is 0.200. The zero-order valence-electron chi connectivity index (χ0n) is 12.2. The van der Waals surface area contributed by atoms with Gasteiger partial charge in [0.05, 0.1) is 22.8 Å². The average molecular weight is 297 g/mol. The summed E-state index contributed by atoms with van der Waals surface area (Å²) in [5.41, 5.74) is 2.94. The van der Waals surface area contributed by atoms with Crippen LogP contribution in [0, 0.1) is 0 Å². The quantitative estimate of drug-likeness (QED) is 0.640. The van der Waals surface area contributed by atoms with Gasteiger partial charge >= 0.3 is 0 Å². The van der Waals surface area contributed by atoms with Gasteiger partial charge in [0.1, 0.15) is 12.0 Å². The van der Waals surface area contributed by atoms with Gasteiger partial charge in [-0.1, -0.05) is 0 Å². The Labute approximate surface area is 126 Å². The number of amides is 1. The molecule has 1 amide bonds. The fourth-order valence-electron chi connectivity index (χ4n) is 2.20. The van der Waals surface area contributed by atoms with Crippen LogP contribution in [-0.4, -0.2) is 38.4 Å². The molecule has 7 nitrogen and oxygen atoms in total. The number of carbonyl (C=O) groups excluding carboxylic acids is 2. The van der Waals surface area contributed by atoms with Gasteiger partial charge in [-0.15, -0.1) is 0 Å². The molecule has 2 heterocycles. The molecule has 0 unspecified atom stereocenters. The Bertz CT molecular complexity index is 847. The van der Waals surface area contributed by atoms with Gasteiger partial charge < -0.3 is 10.3 Å². The molecule has 1 aromatic carbocycles. The molecule has 0 saturated heterocycles. The molecule has 3 aromatic rings. The van der Waals surface area contributed by atoms with Crippen molar-refractivity contribution < 1.29 is 9.59 Å². The number of hydrogen-bond acceptors (Lipinski definition) is 4. The van der Waals surface area contributed by atoms with Crippen LogP contribution in [0.25, 0.3) is 22.6 Å². The first-order valence-electron chi connectivity index (χ1n) is 6.88. The van der Waals surface area contributed by atoms with E-state index in [9.17, 15) is 9.59 Å². The first-order valence-corrected chi connectivity index (χ1v) is 6.88. The lowest BCUT2D eigenvalue weighted by Crippen LogP contribution is -2.30. The molecule has 0 aliphatic rings. The Kier molecular flexibility index (Phi) is 3.46. The summed E-state index contributed by atoms with van der Waals surface area (Å²) in [6.07, 6.45) is 2.24. The molecule has 0 bridgehead atoms. The molecule has 0 spiro atoms. The first-order chi connectivity index (χ1) is 10.6. The molecular formula is C15H15N5O2. The average Bonchev–Trinajstić information content (AvgIpc) is 3.11. The van der Waals surface area contributed by atoms with Gasteiger partial charge in [-0.2, -0.15) is 5.10 Å². The number of imidazole rings is 1. The van der Waals surface area contributed by atoms with E-state index in [1.807, 2.05) is 13.8 Å². The van der Waals surface area contributed by atoms with E-state index in [1.54, 1.807) is 18.2 Å². The number of aromatic nitrogens is 4. The molecule has 0 aliphatic heterocycles. The van der Waals surface area contributed by atoms with Gasteiger partial charge in [-0.25, -0.2) is 4.98 Å².